The fraction of sp³-hybridized carbons (Fsp3) is 0.839. The number of imidazole rings is 1. The third-order valence-electron chi connectivity index (χ3n) is 8.14. The summed E-state index contributed by atoms with van der Waals surface area (Å²) < 4.78 is 45.2. The van der Waals surface area contributed by atoms with Gasteiger partial charge in [-0.15, -0.1) is 0 Å². The Morgan fingerprint density at radius 3 is 2.06 bits per heavy atom. The minimum Gasteiger partial charge on any atom is -0.777 e. The van der Waals surface area contributed by atoms with E-state index in [1.807, 2.05) is 0 Å². The van der Waals surface area contributed by atoms with E-state index in [1.165, 1.54) is 101 Å². The summed E-state index contributed by atoms with van der Waals surface area (Å²) in [5, 5.41) is 9.62. The quantitative estimate of drug-likeness (QED) is 0.0738. The lowest BCUT2D eigenvalue weighted by atomic mass is 9.99. The van der Waals surface area contributed by atoms with Gasteiger partial charge >= 0.3 is 0 Å². The van der Waals surface area contributed by atoms with Gasteiger partial charge in [-0.05, 0) is 12.3 Å². The monoisotopic (exact) mass is 705 g/mol. The van der Waals surface area contributed by atoms with Gasteiger partial charge in [-0.3, -0.25) is 8.88 Å². The van der Waals surface area contributed by atoms with Crippen LogP contribution >= 0.6 is 15.4 Å². The Balaban J connectivity index is 1.43. The first-order chi connectivity index (χ1) is 22.6. The Kier molecular flexibility index (Phi) is 21.1. The number of anilines is 1. The molecule has 2 aromatic heterocycles. The summed E-state index contributed by atoms with van der Waals surface area (Å²) in [4.78, 5) is 36.2. The number of unbranched alkanes of at least 4 members (excludes halogenated alkanes) is 13. The number of rotatable bonds is 30. The highest BCUT2D eigenvalue weighted by atomic mass is 31.3. The highest BCUT2D eigenvalue weighted by Crippen LogP contribution is 2.54. The molecule has 272 valence electrons. The third kappa shape index (κ3) is 18.8. The van der Waals surface area contributed by atoms with E-state index in [9.17, 15) is 24.0 Å². The van der Waals surface area contributed by atoms with Gasteiger partial charge in [0.05, 0.1) is 38.8 Å². The maximum absolute atomic E-state index is 12.2. The molecule has 0 aliphatic heterocycles. The van der Waals surface area contributed by atoms with E-state index < -0.39 is 34.5 Å². The maximum atomic E-state index is 12.2. The summed E-state index contributed by atoms with van der Waals surface area (Å²) in [6, 6.07) is 0. The molecule has 0 spiro atoms. The minimum atomic E-state index is -5.17. The van der Waals surface area contributed by atoms with E-state index in [0.717, 1.165) is 25.2 Å². The van der Waals surface area contributed by atoms with E-state index in [2.05, 4.69) is 37.6 Å². The molecule has 3 unspecified atom stereocenters. The van der Waals surface area contributed by atoms with E-state index in [0.29, 0.717) is 17.8 Å². The summed E-state index contributed by atoms with van der Waals surface area (Å²) in [6.07, 6.45) is 20.9. The Hall–Kier alpha value is -1.47. The number of hydrogen-bond acceptors (Lipinski definition) is 13. The first kappa shape index (κ1) is 41.7. The molecule has 0 saturated carbocycles. The number of nitrogens with zero attached hydrogens (tertiary/aromatic N) is 4. The summed E-state index contributed by atoms with van der Waals surface area (Å²) >= 11 is 0. The molecule has 2 aromatic rings. The number of nitrogens with two attached hydrogens (primary N) is 1. The maximum Gasteiger partial charge on any atom is 0.272 e. The Labute approximate surface area is 280 Å². The zero-order valence-electron chi connectivity index (χ0n) is 28.3. The average Bonchev–Trinajstić information content (AvgIpc) is 3.45. The number of aromatic nitrogens is 4. The molecular weight excluding hydrogens is 648 g/mol. The van der Waals surface area contributed by atoms with Crippen molar-refractivity contribution in [2.45, 2.75) is 129 Å². The molecule has 0 aliphatic carbocycles. The Bertz CT molecular complexity index is 1210. The van der Waals surface area contributed by atoms with Crippen molar-refractivity contribution in [3.05, 3.63) is 12.7 Å². The molecule has 0 aliphatic rings. The van der Waals surface area contributed by atoms with E-state index >= 15 is 0 Å². The molecular formula is C31H57N5O9P2-2. The van der Waals surface area contributed by atoms with Crippen LogP contribution in [-0.4, -0.2) is 63.5 Å². The molecule has 3 N–H and O–H groups in total. The van der Waals surface area contributed by atoms with Crippen molar-refractivity contribution in [3.63, 3.8) is 0 Å². The van der Waals surface area contributed by atoms with Gasteiger partial charge in [0.1, 0.15) is 18.2 Å². The number of nitrogen functional groups attached to an aromatic ring is 1. The lowest BCUT2D eigenvalue weighted by Crippen LogP contribution is -2.26. The zero-order valence-corrected chi connectivity index (χ0v) is 30.1. The van der Waals surface area contributed by atoms with Gasteiger partial charge in [0, 0.05) is 6.61 Å². The fourth-order valence-electron chi connectivity index (χ4n) is 5.14. The average molecular weight is 706 g/mol. The number of fused-ring (bicyclic) bond motifs is 1. The topological polar surface area (TPSA) is 207 Å². The van der Waals surface area contributed by atoms with Crippen LogP contribution in [0.15, 0.2) is 12.7 Å². The molecule has 2 rings (SSSR count). The summed E-state index contributed by atoms with van der Waals surface area (Å²) in [6.45, 7) is 4.09. The van der Waals surface area contributed by atoms with Crippen molar-refractivity contribution >= 4 is 32.4 Å². The number of phosphoric ester groups is 1. The SMILES string of the molecule is CCC(C)CCCCCCCCCCCCCCCCOCCOP(=O)([O-])OP(=O)([O-])CO[C@H](CO)Cn1cnc2c(N)ncnc21. The molecule has 2 heterocycles. The van der Waals surface area contributed by atoms with E-state index in [-0.39, 0.29) is 25.6 Å². The Morgan fingerprint density at radius 1 is 0.872 bits per heavy atom. The van der Waals surface area contributed by atoms with Gasteiger partial charge in [0.15, 0.2) is 19.1 Å². The van der Waals surface area contributed by atoms with Crippen LogP contribution in [0, 0.1) is 5.92 Å². The van der Waals surface area contributed by atoms with Crippen LogP contribution in [-0.2, 0) is 34.0 Å². The van der Waals surface area contributed by atoms with Crippen molar-refractivity contribution in [1.82, 2.24) is 19.5 Å². The van der Waals surface area contributed by atoms with Crippen LogP contribution in [0.4, 0.5) is 5.82 Å². The second-order valence-corrected chi connectivity index (χ2v) is 15.6. The molecule has 0 saturated heterocycles. The number of aliphatic hydroxyl groups excluding tert-OH is 1. The van der Waals surface area contributed by atoms with Gasteiger partial charge < -0.3 is 43.8 Å². The molecule has 16 heteroatoms. The van der Waals surface area contributed by atoms with E-state index in [1.54, 1.807) is 0 Å². The van der Waals surface area contributed by atoms with Crippen molar-refractivity contribution in [1.29, 1.82) is 0 Å². The summed E-state index contributed by atoms with van der Waals surface area (Å²) in [5.74, 6) is 1.04. The van der Waals surface area contributed by atoms with Crippen molar-refractivity contribution in [2.75, 3.05) is 38.5 Å². The number of phosphoric acid groups is 1. The smallest absolute Gasteiger partial charge is 0.272 e. The number of aliphatic hydroxyl groups is 1. The van der Waals surface area contributed by atoms with Gasteiger partial charge in [-0.1, -0.05) is 110 Å². The van der Waals surface area contributed by atoms with Crippen molar-refractivity contribution in [3.8, 4) is 0 Å². The second kappa shape index (κ2) is 23.8. The zero-order chi connectivity index (χ0) is 34.4. The van der Waals surface area contributed by atoms with E-state index in [4.69, 9.17) is 15.2 Å². The Morgan fingerprint density at radius 2 is 1.47 bits per heavy atom. The first-order valence-electron chi connectivity index (χ1n) is 17.3. The van der Waals surface area contributed by atoms with Gasteiger partial charge in [-0.2, -0.15) is 0 Å². The highest BCUT2D eigenvalue weighted by Gasteiger charge is 2.22. The van der Waals surface area contributed by atoms with Gasteiger partial charge in [0.2, 0.25) is 0 Å². The molecule has 47 heavy (non-hydrogen) atoms. The fourth-order valence-corrected chi connectivity index (χ4v) is 7.43. The summed E-state index contributed by atoms with van der Waals surface area (Å²) in [7, 11) is -10.2. The minimum absolute atomic E-state index is 0.0210. The molecule has 0 fully saturated rings. The van der Waals surface area contributed by atoms with Crippen LogP contribution in [0.5, 0.6) is 0 Å². The van der Waals surface area contributed by atoms with Crippen LogP contribution in [0.1, 0.15) is 117 Å². The normalized spacial score (nSPS) is 15.9. The van der Waals surface area contributed by atoms with Crippen LogP contribution < -0.4 is 15.5 Å². The van der Waals surface area contributed by atoms with Gasteiger partial charge in [0.25, 0.3) is 7.82 Å². The lowest BCUT2D eigenvalue weighted by Gasteiger charge is -2.31. The van der Waals surface area contributed by atoms with Crippen LogP contribution in [0.2, 0.25) is 0 Å². The third-order valence-corrected chi connectivity index (χ3v) is 10.9. The standard InChI is InChI=1S/C31H59N5O9P2/c1-3-27(2)18-16-14-12-10-8-6-4-5-7-9-11-13-15-17-19-42-20-21-44-47(40,41)45-46(38,39)26-43-28(23-37)22-36-25-35-29-30(32)33-24-34-31(29)36/h24-25,27-28,37H,3-23,26H2,1-2H3,(H,38,39)(H,40,41)(H2,32,33,34)/p-2/t27?,28-/m0/s1. The largest absolute Gasteiger partial charge is 0.777 e. The van der Waals surface area contributed by atoms with Crippen LogP contribution in [0.3, 0.4) is 0 Å². The molecule has 0 bridgehead atoms. The first-order valence-corrected chi connectivity index (χ1v) is 20.4. The lowest BCUT2D eigenvalue weighted by molar-refractivity contribution is -0.234. The highest BCUT2D eigenvalue weighted by molar-refractivity contribution is 7.62. The molecule has 0 aromatic carbocycles. The van der Waals surface area contributed by atoms with Crippen molar-refractivity contribution in [2.24, 2.45) is 5.92 Å². The molecule has 0 amide bonds. The predicted octanol–water partition coefficient (Wildman–Crippen LogP) is 5.71. The molecule has 4 atom stereocenters. The molecule has 14 nitrogen and oxygen atoms in total. The van der Waals surface area contributed by atoms with Gasteiger partial charge in [-0.25, -0.2) is 15.0 Å². The summed E-state index contributed by atoms with van der Waals surface area (Å²) in [5.41, 5.74) is 6.45. The van der Waals surface area contributed by atoms with Crippen LogP contribution in [0.25, 0.3) is 11.2 Å². The van der Waals surface area contributed by atoms with Crippen molar-refractivity contribution < 1.29 is 42.3 Å². The predicted molar refractivity (Wildman–Crippen MR) is 178 cm³/mol. The second-order valence-electron chi connectivity index (χ2n) is 12.3. The number of hydrogen-bond donors (Lipinski definition) is 2. The number of ether oxygens (including phenoxy) is 2. The molecule has 0 radical (unpaired) electrons.